The van der Waals surface area contributed by atoms with Gasteiger partial charge in [-0.15, -0.1) is 0 Å². The molecule has 4 heteroatoms. The predicted molar refractivity (Wildman–Crippen MR) is 64.7 cm³/mol. The normalized spacial score (nSPS) is 13.2. The number of halogens is 2. The highest BCUT2D eigenvalue weighted by molar-refractivity contribution is 6.33. The van der Waals surface area contributed by atoms with Gasteiger partial charge < -0.3 is 0 Å². The Labute approximate surface area is 107 Å². The first-order valence-corrected chi connectivity index (χ1v) is 5.65. The Morgan fingerprint density at radius 1 is 0.833 bits per heavy atom. The van der Waals surface area contributed by atoms with Crippen LogP contribution < -0.4 is 0 Å². The van der Waals surface area contributed by atoms with Gasteiger partial charge in [-0.25, -0.2) is 4.39 Å². The maximum Gasteiger partial charge on any atom is 0.197 e. The van der Waals surface area contributed by atoms with E-state index in [9.17, 15) is 14.0 Å². The third-order valence-electron chi connectivity index (χ3n) is 2.98. The van der Waals surface area contributed by atoms with E-state index < -0.39 is 11.6 Å². The van der Waals surface area contributed by atoms with Crippen LogP contribution in [-0.2, 0) is 0 Å². The molecule has 0 amide bonds. The number of fused-ring (bicyclic) bond motifs is 2. The molecule has 0 N–H and O–H groups in total. The van der Waals surface area contributed by atoms with Crippen LogP contribution in [0.15, 0.2) is 36.4 Å². The van der Waals surface area contributed by atoms with Gasteiger partial charge in [-0.3, -0.25) is 9.59 Å². The van der Waals surface area contributed by atoms with Gasteiger partial charge in [0.15, 0.2) is 17.4 Å². The highest BCUT2D eigenvalue weighted by Crippen LogP contribution is 2.31. The first-order valence-electron chi connectivity index (χ1n) is 5.27. The summed E-state index contributed by atoms with van der Waals surface area (Å²) in [5, 5.41) is -0.158. The second kappa shape index (κ2) is 3.75. The molecule has 0 heterocycles. The first-order chi connectivity index (χ1) is 8.61. The van der Waals surface area contributed by atoms with Crippen LogP contribution in [0.4, 0.5) is 4.39 Å². The molecule has 1 aliphatic rings. The van der Waals surface area contributed by atoms with Gasteiger partial charge in [-0.1, -0.05) is 35.9 Å². The smallest absolute Gasteiger partial charge is 0.197 e. The fourth-order valence-electron chi connectivity index (χ4n) is 2.12. The van der Waals surface area contributed by atoms with Crippen molar-refractivity contribution >= 4 is 23.2 Å². The molecule has 0 bridgehead atoms. The van der Waals surface area contributed by atoms with Crippen molar-refractivity contribution in [1.29, 1.82) is 0 Å². The second-order valence-electron chi connectivity index (χ2n) is 3.99. The summed E-state index contributed by atoms with van der Waals surface area (Å²) >= 11 is 5.65. The fourth-order valence-corrected chi connectivity index (χ4v) is 2.28. The minimum absolute atomic E-state index is 0.0700. The highest BCUT2D eigenvalue weighted by Gasteiger charge is 2.32. The molecule has 2 nitrogen and oxygen atoms in total. The van der Waals surface area contributed by atoms with Gasteiger partial charge in [0.1, 0.15) is 0 Å². The minimum Gasteiger partial charge on any atom is -0.289 e. The molecule has 0 fully saturated rings. The van der Waals surface area contributed by atoms with Gasteiger partial charge in [0, 0.05) is 16.7 Å². The Balaban J connectivity index is 2.38. The molecule has 0 aliphatic heterocycles. The molecule has 88 valence electrons. The van der Waals surface area contributed by atoms with Crippen LogP contribution in [0, 0.1) is 5.82 Å². The maximum atomic E-state index is 13.9. The summed E-state index contributed by atoms with van der Waals surface area (Å²) in [7, 11) is 0. The lowest BCUT2D eigenvalue weighted by Crippen LogP contribution is -2.22. The Bertz CT molecular complexity index is 707. The van der Waals surface area contributed by atoms with Gasteiger partial charge in [0.2, 0.25) is 0 Å². The van der Waals surface area contributed by atoms with Crippen LogP contribution in [0.25, 0.3) is 0 Å². The van der Waals surface area contributed by atoms with Crippen LogP contribution in [-0.4, -0.2) is 11.6 Å². The molecule has 0 saturated heterocycles. The van der Waals surface area contributed by atoms with E-state index in [2.05, 4.69) is 0 Å². The third-order valence-corrected chi connectivity index (χ3v) is 3.27. The topological polar surface area (TPSA) is 34.1 Å². The molecule has 2 aromatic carbocycles. The van der Waals surface area contributed by atoms with Crippen LogP contribution in [0.1, 0.15) is 31.8 Å². The number of carbonyl (C=O) groups excluding carboxylic acids is 2. The SMILES string of the molecule is O=C1c2ccccc2C(=O)c2c1ccc(Cl)c2F. The number of hydrogen-bond acceptors (Lipinski definition) is 2. The van der Waals surface area contributed by atoms with Crippen LogP contribution in [0.2, 0.25) is 5.02 Å². The van der Waals surface area contributed by atoms with E-state index >= 15 is 0 Å². The second-order valence-corrected chi connectivity index (χ2v) is 4.39. The van der Waals surface area contributed by atoms with E-state index in [0.717, 1.165) is 0 Å². The molecule has 0 aromatic heterocycles. The number of carbonyl (C=O) groups is 2. The number of ketones is 2. The lowest BCUT2D eigenvalue weighted by molar-refractivity contribution is 0.0975. The lowest BCUT2D eigenvalue weighted by atomic mass is 9.84. The highest BCUT2D eigenvalue weighted by atomic mass is 35.5. The molecule has 3 rings (SSSR count). The minimum atomic E-state index is -0.831. The quantitative estimate of drug-likeness (QED) is 0.622. The molecular weight excluding hydrogens is 255 g/mol. The zero-order valence-corrected chi connectivity index (χ0v) is 9.79. The van der Waals surface area contributed by atoms with E-state index in [1.807, 2.05) is 0 Å². The maximum absolute atomic E-state index is 13.9. The zero-order chi connectivity index (χ0) is 12.9. The van der Waals surface area contributed by atoms with Gasteiger partial charge in [-0.2, -0.15) is 0 Å². The molecule has 1 aliphatic carbocycles. The summed E-state index contributed by atoms with van der Waals surface area (Å²) in [4.78, 5) is 24.3. The molecule has 0 unspecified atom stereocenters. The van der Waals surface area contributed by atoms with Gasteiger partial charge in [-0.05, 0) is 12.1 Å². The Morgan fingerprint density at radius 3 is 2.11 bits per heavy atom. The van der Waals surface area contributed by atoms with E-state index in [4.69, 9.17) is 11.6 Å². The van der Waals surface area contributed by atoms with Crippen molar-refractivity contribution in [3.8, 4) is 0 Å². The molecule has 0 spiro atoms. The van der Waals surface area contributed by atoms with E-state index in [1.54, 1.807) is 18.2 Å². The Kier molecular flexibility index (Phi) is 2.31. The Hall–Kier alpha value is -2.00. The van der Waals surface area contributed by atoms with Crippen molar-refractivity contribution in [1.82, 2.24) is 0 Å². The Morgan fingerprint density at radius 2 is 1.44 bits per heavy atom. The van der Waals surface area contributed by atoms with Crippen LogP contribution in [0.5, 0.6) is 0 Å². The number of benzene rings is 2. The first kappa shape index (κ1) is 11.1. The standard InChI is InChI=1S/C14H6ClFO2/c15-10-6-5-9-11(12(10)16)14(18)8-4-2-1-3-7(8)13(9)17/h1-6H. The van der Waals surface area contributed by atoms with E-state index in [1.165, 1.54) is 18.2 Å². The van der Waals surface area contributed by atoms with E-state index in [-0.39, 0.29) is 27.5 Å². The summed E-state index contributed by atoms with van der Waals surface area (Å²) in [5.74, 6) is -1.68. The molecule has 0 saturated carbocycles. The molecule has 0 atom stereocenters. The van der Waals surface area contributed by atoms with E-state index in [0.29, 0.717) is 5.56 Å². The number of hydrogen-bond donors (Lipinski definition) is 0. The third kappa shape index (κ3) is 1.34. The molecule has 0 radical (unpaired) electrons. The van der Waals surface area contributed by atoms with Crippen LogP contribution >= 0.6 is 11.6 Å². The monoisotopic (exact) mass is 260 g/mol. The lowest BCUT2D eigenvalue weighted by Gasteiger charge is -2.17. The number of rotatable bonds is 0. The fraction of sp³-hybridized carbons (Fsp3) is 0. The predicted octanol–water partition coefficient (Wildman–Crippen LogP) is 3.25. The summed E-state index contributed by atoms with van der Waals surface area (Å²) in [6.07, 6.45) is 0. The van der Waals surface area contributed by atoms with Crippen molar-refractivity contribution in [2.24, 2.45) is 0 Å². The summed E-state index contributed by atoms with van der Waals surface area (Å²) in [6, 6.07) is 9.05. The molecular formula is C14H6ClFO2. The van der Waals surface area contributed by atoms with Gasteiger partial charge >= 0.3 is 0 Å². The summed E-state index contributed by atoms with van der Waals surface area (Å²) in [6.45, 7) is 0. The van der Waals surface area contributed by atoms with Crippen molar-refractivity contribution in [2.45, 2.75) is 0 Å². The molecule has 2 aromatic rings. The largest absolute Gasteiger partial charge is 0.289 e. The van der Waals surface area contributed by atoms with Gasteiger partial charge in [0.05, 0.1) is 10.6 Å². The average Bonchev–Trinajstić information content (AvgIpc) is 2.39. The van der Waals surface area contributed by atoms with Crippen molar-refractivity contribution in [3.63, 3.8) is 0 Å². The van der Waals surface area contributed by atoms with Gasteiger partial charge in [0.25, 0.3) is 0 Å². The van der Waals surface area contributed by atoms with Crippen LogP contribution in [0.3, 0.4) is 0 Å². The van der Waals surface area contributed by atoms with Crippen molar-refractivity contribution in [2.75, 3.05) is 0 Å². The molecule has 18 heavy (non-hydrogen) atoms. The van der Waals surface area contributed by atoms with Crippen molar-refractivity contribution in [3.05, 3.63) is 69.5 Å². The zero-order valence-electron chi connectivity index (χ0n) is 9.04. The summed E-state index contributed by atoms with van der Waals surface area (Å²) in [5.41, 5.74) is 0.361. The average molecular weight is 261 g/mol. The van der Waals surface area contributed by atoms with Crippen molar-refractivity contribution < 1.29 is 14.0 Å². The summed E-state index contributed by atoms with van der Waals surface area (Å²) < 4.78 is 13.9.